The zero-order valence-corrected chi connectivity index (χ0v) is 16.7. The summed E-state index contributed by atoms with van der Waals surface area (Å²) in [5.74, 6) is -0.222. The van der Waals surface area contributed by atoms with Gasteiger partial charge in [0.1, 0.15) is 0 Å². The standard InChI is InChI=1S/C24H18BrNO2/c25-19-12-7-13-20(14-19)26-21(27)15-23(22(26)28)16-24(23,17-8-3-1-4-9-17)18-10-5-2-6-11-18/h1-14H,15-16H2/t23-/m0/s1. The van der Waals surface area contributed by atoms with Crippen molar-refractivity contribution in [2.75, 3.05) is 4.90 Å². The van der Waals surface area contributed by atoms with Crippen LogP contribution in [-0.4, -0.2) is 11.8 Å². The molecule has 0 N–H and O–H groups in total. The summed E-state index contributed by atoms with van der Waals surface area (Å²) < 4.78 is 0.847. The fourth-order valence-electron chi connectivity index (χ4n) is 4.87. The van der Waals surface area contributed by atoms with E-state index in [0.29, 0.717) is 12.1 Å². The van der Waals surface area contributed by atoms with Crippen molar-refractivity contribution in [3.63, 3.8) is 0 Å². The predicted molar refractivity (Wildman–Crippen MR) is 112 cm³/mol. The summed E-state index contributed by atoms with van der Waals surface area (Å²) in [6.07, 6.45) is 0.894. The number of amides is 2. The van der Waals surface area contributed by atoms with Gasteiger partial charge in [0.2, 0.25) is 11.8 Å². The Labute approximate surface area is 172 Å². The third-order valence-electron chi connectivity index (χ3n) is 6.17. The van der Waals surface area contributed by atoms with Gasteiger partial charge in [-0.3, -0.25) is 9.59 Å². The van der Waals surface area contributed by atoms with Gasteiger partial charge in [0, 0.05) is 16.3 Å². The van der Waals surface area contributed by atoms with Crippen molar-refractivity contribution in [2.24, 2.45) is 5.41 Å². The Morgan fingerprint density at radius 1 is 0.786 bits per heavy atom. The third-order valence-corrected chi connectivity index (χ3v) is 6.67. The van der Waals surface area contributed by atoms with E-state index in [1.165, 1.54) is 4.90 Å². The topological polar surface area (TPSA) is 37.4 Å². The van der Waals surface area contributed by atoms with E-state index in [2.05, 4.69) is 40.2 Å². The van der Waals surface area contributed by atoms with Gasteiger partial charge in [0.05, 0.1) is 11.1 Å². The lowest BCUT2D eigenvalue weighted by Crippen LogP contribution is -2.33. The molecule has 2 aliphatic rings. The number of nitrogens with zero attached hydrogens (tertiary/aromatic N) is 1. The van der Waals surface area contributed by atoms with Crippen LogP contribution in [0, 0.1) is 5.41 Å². The van der Waals surface area contributed by atoms with E-state index >= 15 is 0 Å². The molecule has 0 radical (unpaired) electrons. The molecule has 3 aromatic carbocycles. The molecular weight excluding hydrogens is 414 g/mol. The van der Waals surface area contributed by atoms with Gasteiger partial charge in [-0.2, -0.15) is 0 Å². The van der Waals surface area contributed by atoms with Crippen LogP contribution >= 0.6 is 15.9 Å². The molecule has 4 heteroatoms. The molecule has 138 valence electrons. The van der Waals surface area contributed by atoms with Gasteiger partial charge < -0.3 is 0 Å². The monoisotopic (exact) mass is 431 g/mol. The van der Waals surface area contributed by atoms with Crippen LogP contribution < -0.4 is 4.90 Å². The van der Waals surface area contributed by atoms with Crippen LogP contribution in [-0.2, 0) is 15.0 Å². The molecule has 1 aliphatic heterocycles. The van der Waals surface area contributed by atoms with Crippen LogP contribution in [0.15, 0.2) is 89.4 Å². The number of carbonyl (C=O) groups is 2. The largest absolute Gasteiger partial charge is 0.274 e. The molecule has 0 bridgehead atoms. The van der Waals surface area contributed by atoms with E-state index in [9.17, 15) is 9.59 Å². The summed E-state index contributed by atoms with van der Waals surface area (Å²) in [5, 5.41) is 0. The molecule has 1 heterocycles. The number of halogens is 1. The normalized spacial score (nSPS) is 22.7. The Balaban J connectivity index is 1.64. The van der Waals surface area contributed by atoms with Gasteiger partial charge in [-0.1, -0.05) is 82.7 Å². The minimum atomic E-state index is -0.713. The van der Waals surface area contributed by atoms with Crippen LogP contribution in [0.25, 0.3) is 0 Å². The molecule has 1 atom stereocenters. The van der Waals surface area contributed by atoms with E-state index in [-0.39, 0.29) is 18.2 Å². The lowest BCUT2D eigenvalue weighted by Gasteiger charge is -2.23. The summed E-state index contributed by atoms with van der Waals surface area (Å²) in [6.45, 7) is 0. The van der Waals surface area contributed by atoms with E-state index < -0.39 is 10.8 Å². The zero-order valence-electron chi connectivity index (χ0n) is 15.1. The van der Waals surface area contributed by atoms with Gasteiger partial charge in [-0.25, -0.2) is 4.90 Å². The van der Waals surface area contributed by atoms with Crippen molar-refractivity contribution < 1.29 is 9.59 Å². The highest BCUT2D eigenvalue weighted by Gasteiger charge is 2.77. The molecule has 3 nitrogen and oxygen atoms in total. The van der Waals surface area contributed by atoms with Crippen molar-refractivity contribution in [3.8, 4) is 0 Å². The summed E-state index contributed by atoms with van der Waals surface area (Å²) in [5.41, 5.74) is 1.65. The predicted octanol–water partition coefficient (Wildman–Crippen LogP) is 5.09. The number of anilines is 1. The Hall–Kier alpha value is -2.72. The van der Waals surface area contributed by atoms with Crippen molar-refractivity contribution in [2.45, 2.75) is 18.3 Å². The molecule has 1 aliphatic carbocycles. The second kappa shape index (κ2) is 6.14. The fraction of sp³-hybridized carbons (Fsp3) is 0.167. The smallest absolute Gasteiger partial charge is 0.241 e. The van der Waals surface area contributed by atoms with Gasteiger partial charge in [-0.05, 0) is 35.7 Å². The van der Waals surface area contributed by atoms with E-state index in [0.717, 1.165) is 15.6 Å². The highest BCUT2D eigenvalue weighted by Crippen LogP contribution is 2.72. The van der Waals surface area contributed by atoms with E-state index in [1.807, 2.05) is 60.7 Å². The van der Waals surface area contributed by atoms with Gasteiger partial charge in [-0.15, -0.1) is 0 Å². The first kappa shape index (κ1) is 17.4. The SMILES string of the molecule is O=C1C[C@]2(CC2(c2ccccc2)c2ccccc2)C(=O)N1c1cccc(Br)c1. The number of benzene rings is 3. The zero-order chi connectivity index (χ0) is 19.4. The van der Waals surface area contributed by atoms with Crippen LogP contribution in [0.3, 0.4) is 0 Å². The molecule has 1 saturated heterocycles. The average molecular weight is 432 g/mol. The molecule has 1 saturated carbocycles. The summed E-state index contributed by atoms with van der Waals surface area (Å²) in [4.78, 5) is 28.0. The van der Waals surface area contributed by atoms with Crippen LogP contribution in [0.5, 0.6) is 0 Å². The van der Waals surface area contributed by atoms with Crippen molar-refractivity contribution >= 4 is 33.4 Å². The maximum atomic E-state index is 13.7. The first-order valence-electron chi connectivity index (χ1n) is 9.32. The molecule has 2 amide bonds. The number of imide groups is 1. The maximum absolute atomic E-state index is 13.7. The highest BCUT2D eigenvalue weighted by atomic mass is 79.9. The van der Waals surface area contributed by atoms with E-state index in [4.69, 9.17) is 0 Å². The molecule has 2 fully saturated rings. The third kappa shape index (κ3) is 2.27. The number of rotatable bonds is 3. The first-order chi connectivity index (χ1) is 13.6. The maximum Gasteiger partial charge on any atom is 0.241 e. The van der Waals surface area contributed by atoms with Crippen molar-refractivity contribution in [1.82, 2.24) is 0 Å². The Kier molecular flexibility index (Phi) is 3.81. The van der Waals surface area contributed by atoms with Gasteiger partial charge in [0.25, 0.3) is 0 Å². The summed E-state index contributed by atoms with van der Waals surface area (Å²) in [7, 11) is 0. The molecule has 3 aromatic rings. The molecule has 1 spiro atoms. The number of carbonyl (C=O) groups excluding carboxylic acids is 2. The average Bonchev–Trinajstić information content (AvgIpc) is 3.33. The summed E-state index contributed by atoms with van der Waals surface area (Å²) in [6, 6.07) is 27.6. The van der Waals surface area contributed by atoms with Crippen molar-refractivity contribution in [1.29, 1.82) is 0 Å². The van der Waals surface area contributed by atoms with Crippen LogP contribution in [0.2, 0.25) is 0 Å². The number of hydrogen-bond acceptors (Lipinski definition) is 2. The second-order valence-corrected chi connectivity index (χ2v) is 8.50. The minimum Gasteiger partial charge on any atom is -0.274 e. The lowest BCUT2D eigenvalue weighted by atomic mass is 9.79. The number of hydrogen-bond donors (Lipinski definition) is 0. The Bertz CT molecular complexity index is 1040. The molecule has 28 heavy (non-hydrogen) atoms. The second-order valence-electron chi connectivity index (χ2n) is 7.59. The quantitative estimate of drug-likeness (QED) is 0.541. The molecule has 0 unspecified atom stereocenters. The lowest BCUT2D eigenvalue weighted by molar-refractivity contribution is -0.123. The van der Waals surface area contributed by atoms with Crippen molar-refractivity contribution in [3.05, 3.63) is 101 Å². The van der Waals surface area contributed by atoms with Gasteiger partial charge in [0.15, 0.2) is 0 Å². The molecular formula is C24H18BrNO2. The Morgan fingerprint density at radius 3 is 1.96 bits per heavy atom. The molecule has 0 aromatic heterocycles. The van der Waals surface area contributed by atoms with Crippen LogP contribution in [0.1, 0.15) is 24.0 Å². The van der Waals surface area contributed by atoms with Gasteiger partial charge >= 0.3 is 0 Å². The first-order valence-corrected chi connectivity index (χ1v) is 10.1. The minimum absolute atomic E-state index is 0.0942. The Morgan fingerprint density at radius 2 is 1.39 bits per heavy atom. The van der Waals surface area contributed by atoms with Crippen LogP contribution in [0.4, 0.5) is 5.69 Å². The highest BCUT2D eigenvalue weighted by molar-refractivity contribution is 9.10. The van der Waals surface area contributed by atoms with E-state index in [1.54, 1.807) is 0 Å². The fourth-order valence-corrected chi connectivity index (χ4v) is 5.25. The summed E-state index contributed by atoms with van der Waals surface area (Å²) >= 11 is 3.44. The molecule has 5 rings (SSSR count).